The number of carbonyl (C=O) groups is 1. The first kappa shape index (κ1) is 15.5. The van der Waals surface area contributed by atoms with Crippen LogP contribution in [0.15, 0.2) is 6.20 Å². The van der Waals surface area contributed by atoms with Crippen molar-refractivity contribution >= 4 is 28.4 Å². The van der Waals surface area contributed by atoms with E-state index in [-0.39, 0.29) is 12.1 Å². The molecule has 1 aliphatic rings. The Morgan fingerprint density at radius 2 is 2.22 bits per heavy atom. The second-order valence-electron chi connectivity index (χ2n) is 5.15. The Kier molecular flexibility index (Phi) is 4.55. The minimum Gasteiger partial charge on any atom is -0.486 e. The van der Waals surface area contributed by atoms with Gasteiger partial charge in [-0.25, -0.2) is 14.5 Å². The van der Waals surface area contributed by atoms with E-state index in [4.69, 9.17) is 4.74 Å². The van der Waals surface area contributed by atoms with Gasteiger partial charge < -0.3 is 15.0 Å². The van der Waals surface area contributed by atoms with Gasteiger partial charge in [-0.15, -0.1) is 0 Å². The van der Waals surface area contributed by atoms with Gasteiger partial charge in [0.15, 0.2) is 10.2 Å². The lowest BCUT2D eigenvalue weighted by Crippen LogP contribution is -2.46. The van der Waals surface area contributed by atoms with Gasteiger partial charge in [-0.2, -0.15) is 0 Å². The van der Waals surface area contributed by atoms with E-state index in [1.165, 1.54) is 11.3 Å². The highest BCUT2D eigenvalue weighted by Gasteiger charge is 2.23. The average molecular weight is 338 g/mol. The van der Waals surface area contributed by atoms with Crippen LogP contribution in [-0.4, -0.2) is 57.5 Å². The molecule has 23 heavy (non-hydrogen) atoms. The zero-order valence-electron chi connectivity index (χ0n) is 12.9. The SMILES string of the molecule is COc1cnc(NC(=O)NC2CCN(c3nnnn3C)CC2)s1. The molecule has 2 aromatic heterocycles. The number of aromatic nitrogens is 5. The third-order valence-electron chi connectivity index (χ3n) is 3.62. The average Bonchev–Trinajstić information content (AvgIpc) is 3.17. The van der Waals surface area contributed by atoms with Crippen molar-refractivity contribution in [2.75, 3.05) is 30.4 Å². The van der Waals surface area contributed by atoms with Gasteiger partial charge in [0.2, 0.25) is 5.95 Å². The lowest BCUT2D eigenvalue weighted by atomic mass is 10.1. The van der Waals surface area contributed by atoms with E-state index in [1.807, 2.05) is 7.05 Å². The summed E-state index contributed by atoms with van der Waals surface area (Å²) < 4.78 is 6.69. The number of hydrogen-bond acceptors (Lipinski definition) is 8. The largest absolute Gasteiger partial charge is 0.486 e. The molecule has 2 amide bonds. The molecule has 1 aliphatic heterocycles. The minimum atomic E-state index is -0.249. The van der Waals surface area contributed by atoms with Crippen molar-refractivity contribution in [3.8, 4) is 5.06 Å². The molecule has 124 valence electrons. The molecule has 0 bridgehead atoms. The summed E-state index contributed by atoms with van der Waals surface area (Å²) in [6.07, 6.45) is 3.25. The zero-order valence-corrected chi connectivity index (χ0v) is 13.7. The van der Waals surface area contributed by atoms with E-state index in [0.717, 1.165) is 31.9 Å². The number of anilines is 2. The van der Waals surface area contributed by atoms with Crippen LogP contribution < -0.4 is 20.3 Å². The summed E-state index contributed by atoms with van der Waals surface area (Å²) in [6.45, 7) is 1.59. The number of nitrogens with one attached hydrogen (secondary N) is 2. The molecular weight excluding hydrogens is 320 g/mol. The fraction of sp³-hybridized carbons (Fsp3) is 0.583. The Balaban J connectivity index is 1.46. The highest BCUT2D eigenvalue weighted by molar-refractivity contribution is 7.17. The molecule has 0 aromatic carbocycles. The van der Waals surface area contributed by atoms with Crippen molar-refractivity contribution in [3.05, 3.63) is 6.20 Å². The van der Waals surface area contributed by atoms with Crippen molar-refractivity contribution in [1.29, 1.82) is 0 Å². The van der Waals surface area contributed by atoms with Gasteiger partial charge in [-0.3, -0.25) is 5.32 Å². The van der Waals surface area contributed by atoms with Crippen molar-refractivity contribution in [3.63, 3.8) is 0 Å². The molecule has 11 heteroatoms. The van der Waals surface area contributed by atoms with Crippen molar-refractivity contribution in [1.82, 2.24) is 30.5 Å². The number of piperidine rings is 1. The van der Waals surface area contributed by atoms with Crippen LogP contribution in [0.2, 0.25) is 0 Å². The molecule has 3 heterocycles. The number of amides is 2. The number of aryl methyl sites for hydroxylation is 1. The molecule has 0 aliphatic carbocycles. The number of methoxy groups -OCH3 is 1. The predicted octanol–water partition coefficient (Wildman–Crippen LogP) is 0.466. The second-order valence-corrected chi connectivity index (χ2v) is 6.14. The third kappa shape index (κ3) is 3.67. The highest BCUT2D eigenvalue weighted by Crippen LogP contribution is 2.24. The number of carbonyl (C=O) groups excluding carboxylic acids is 1. The van der Waals surface area contributed by atoms with Gasteiger partial charge in [0.05, 0.1) is 13.3 Å². The molecule has 1 fully saturated rings. The minimum absolute atomic E-state index is 0.120. The van der Waals surface area contributed by atoms with Crippen molar-refractivity contribution in [2.45, 2.75) is 18.9 Å². The molecular formula is C12H18N8O2S. The topological polar surface area (TPSA) is 110 Å². The van der Waals surface area contributed by atoms with E-state index < -0.39 is 0 Å². The monoisotopic (exact) mass is 338 g/mol. The zero-order chi connectivity index (χ0) is 16.2. The summed E-state index contributed by atoms with van der Waals surface area (Å²) in [7, 11) is 3.38. The molecule has 2 aromatic rings. The molecule has 10 nitrogen and oxygen atoms in total. The number of rotatable bonds is 4. The normalized spacial score (nSPS) is 15.5. The van der Waals surface area contributed by atoms with E-state index in [0.29, 0.717) is 10.2 Å². The van der Waals surface area contributed by atoms with E-state index in [1.54, 1.807) is 18.0 Å². The Morgan fingerprint density at radius 3 is 2.83 bits per heavy atom. The first-order valence-corrected chi connectivity index (χ1v) is 8.02. The quantitative estimate of drug-likeness (QED) is 0.833. The predicted molar refractivity (Wildman–Crippen MR) is 84.9 cm³/mol. The molecule has 0 radical (unpaired) electrons. The first-order chi connectivity index (χ1) is 11.2. The Labute approximate surface area is 136 Å². The van der Waals surface area contributed by atoms with Crippen LogP contribution in [0.1, 0.15) is 12.8 Å². The number of tetrazole rings is 1. The van der Waals surface area contributed by atoms with Gasteiger partial charge in [0, 0.05) is 26.2 Å². The van der Waals surface area contributed by atoms with Gasteiger partial charge in [0.25, 0.3) is 0 Å². The molecule has 1 saturated heterocycles. The maximum atomic E-state index is 12.0. The molecule has 2 N–H and O–H groups in total. The lowest BCUT2D eigenvalue weighted by molar-refractivity contribution is 0.246. The number of nitrogens with zero attached hydrogens (tertiary/aromatic N) is 6. The van der Waals surface area contributed by atoms with Crippen LogP contribution in [-0.2, 0) is 7.05 Å². The van der Waals surface area contributed by atoms with Gasteiger partial charge in [0.1, 0.15) is 0 Å². The summed E-state index contributed by atoms with van der Waals surface area (Å²) in [5, 5.41) is 18.3. The molecule has 0 saturated carbocycles. The van der Waals surface area contributed by atoms with E-state index in [9.17, 15) is 4.79 Å². The van der Waals surface area contributed by atoms with Crippen LogP contribution in [0, 0.1) is 0 Å². The van der Waals surface area contributed by atoms with Gasteiger partial charge >= 0.3 is 6.03 Å². The van der Waals surface area contributed by atoms with Crippen LogP contribution in [0.4, 0.5) is 15.9 Å². The Hall–Kier alpha value is -2.43. The fourth-order valence-electron chi connectivity index (χ4n) is 2.45. The molecule has 0 atom stereocenters. The van der Waals surface area contributed by atoms with Crippen molar-refractivity contribution < 1.29 is 9.53 Å². The summed E-state index contributed by atoms with van der Waals surface area (Å²) >= 11 is 1.29. The standard InChI is InChI=1S/C12H18N8O2S/c1-19-12(16-17-18-19)20-5-3-8(4-6-20)14-10(21)15-11-13-7-9(22-2)23-11/h7-8H,3-6H2,1-2H3,(H2,13,14,15,21). The second kappa shape index (κ2) is 6.77. The van der Waals surface area contributed by atoms with Gasteiger partial charge in [-0.1, -0.05) is 16.4 Å². The summed E-state index contributed by atoms with van der Waals surface area (Å²) in [5.74, 6) is 0.753. The number of thiazole rings is 1. The molecule has 0 spiro atoms. The smallest absolute Gasteiger partial charge is 0.321 e. The first-order valence-electron chi connectivity index (χ1n) is 7.20. The molecule has 3 rings (SSSR count). The summed E-state index contributed by atoms with van der Waals surface area (Å²) in [6, 6.07) is -0.130. The summed E-state index contributed by atoms with van der Waals surface area (Å²) in [4.78, 5) is 18.2. The lowest BCUT2D eigenvalue weighted by Gasteiger charge is -2.32. The number of ether oxygens (including phenoxy) is 1. The number of hydrogen-bond donors (Lipinski definition) is 2. The van der Waals surface area contributed by atoms with Crippen LogP contribution in [0.5, 0.6) is 5.06 Å². The Bertz CT molecular complexity index is 664. The van der Waals surface area contributed by atoms with E-state index >= 15 is 0 Å². The highest BCUT2D eigenvalue weighted by atomic mass is 32.1. The van der Waals surface area contributed by atoms with Crippen LogP contribution in [0.25, 0.3) is 0 Å². The Morgan fingerprint density at radius 1 is 1.43 bits per heavy atom. The maximum absolute atomic E-state index is 12.0. The maximum Gasteiger partial charge on any atom is 0.321 e. The third-order valence-corrected chi connectivity index (χ3v) is 4.49. The number of urea groups is 1. The fourth-order valence-corrected chi connectivity index (χ4v) is 3.07. The van der Waals surface area contributed by atoms with Crippen molar-refractivity contribution in [2.24, 2.45) is 7.05 Å². The van der Waals surface area contributed by atoms with Crippen LogP contribution >= 0.6 is 11.3 Å². The van der Waals surface area contributed by atoms with Gasteiger partial charge in [-0.05, 0) is 23.3 Å². The summed E-state index contributed by atoms with van der Waals surface area (Å²) in [5.41, 5.74) is 0. The van der Waals surface area contributed by atoms with Crippen LogP contribution in [0.3, 0.4) is 0 Å². The molecule has 0 unspecified atom stereocenters. The van der Waals surface area contributed by atoms with E-state index in [2.05, 4.69) is 36.0 Å².